The smallest absolute Gasteiger partial charge is 0.305 e. The van der Waals surface area contributed by atoms with E-state index in [-0.39, 0.29) is 12.4 Å². The van der Waals surface area contributed by atoms with Crippen LogP contribution < -0.4 is 5.73 Å². The van der Waals surface area contributed by atoms with Crippen LogP contribution in [0.15, 0.2) is 0 Å². The normalized spacial score (nSPS) is 11.7. The molecule has 0 rings (SSSR count). The number of methoxy groups -OCH3 is 1. The van der Waals surface area contributed by atoms with Gasteiger partial charge in [0.1, 0.15) is 0 Å². The average Bonchev–Trinajstić information content (AvgIpc) is 2.26. The number of carboxylic acid groups (broad SMARTS) is 1. The van der Waals surface area contributed by atoms with E-state index in [2.05, 4.69) is 4.74 Å². The van der Waals surface area contributed by atoms with E-state index in [1.807, 2.05) is 0 Å². The molecule has 0 spiro atoms. The number of nitrogens with two attached hydrogens (primary N) is 1. The molecule has 1 amide bonds. The zero-order valence-corrected chi connectivity index (χ0v) is 10.0. The van der Waals surface area contributed by atoms with Crippen molar-refractivity contribution >= 4 is 17.8 Å². The molecular formula is C10H18N2O5. The van der Waals surface area contributed by atoms with E-state index in [9.17, 15) is 14.4 Å². The fourth-order valence-electron chi connectivity index (χ4n) is 1.23. The van der Waals surface area contributed by atoms with Gasteiger partial charge in [0.2, 0.25) is 5.91 Å². The molecule has 1 atom stereocenters. The highest BCUT2D eigenvalue weighted by Gasteiger charge is 2.20. The van der Waals surface area contributed by atoms with Crippen molar-refractivity contribution in [3.8, 4) is 0 Å². The summed E-state index contributed by atoms with van der Waals surface area (Å²) < 4.78 is 4.45. The number of ether oxygens (including phenoxy) is 1. The Labute approximate surface area is 99.5 Å². The predicted molar refractivity (Wildman–Crippen MR) is 59.1 cm³/mol. The van der Waals surface area contributed by atoms with E-state index in [1.54, 1.807) is 0 Å². The van der Waals surface area contributed by atoms with Gasteiger partial charge in [-0.15, -0.1) is 0 Å². The van der Waals surface area contributed by atoms with E-state index in [0.29, 0.717) is 13.0 Å². The molecule has 7 heteroatoms. The van der Waals surface area contributed by atoms with Gasteiger partial charge >= 0.3 is 11.9 Å². The molecule has 17 heavy (non-hydrogen) atoms. The topological polar surface area (TPSA) is 110 Å². The number of rotatable bonds is 7. The third-order valence-corrected chi connectivity index (χ3v) is 2.19. The summed E-state index contributed by atoms with van der Waals surface area (Å²) in [5.41, 5.74) is 5.41. The third-order valence-electron chi connectivity index (χ3n) is 2.19. The van der Waals surface area contributed by atoms with E-state index in [1.165, 1.54) is 19.1 Å². The number of aliphatic carboxylic acids is 1. The quantitative estimate of drug-likeness (QED) is 0.569. The second-order valence-corrected chi connectivity index (χ2v) is 3.64. The van der Waals surface area contributed by atoms with E-state index < -0.39 is 24.3 Å². The minimum atomic E-state index is -1.12. The summed E-state index contributed by atoms with van der Waals surface area (Å²) in [6.45, 7) is 0.335. The average molecular weight is 246 g/mol. The number of nitrogens with zero attached hydrogens (tertiary/aromatic N) is 1. The molecule has 0 radical (unpaired) electrons. The van der Waals surface area contributed by atoms with Gasteiger partial charge in [0.15, 0.2) is 0 Å². The molecule has 0 fully saturated rings. The molecule has 0 aliphatic carbocycles. The van der Waals surface area contributed by atoms with Gasteiger partial charge in [-0.3, -0.25) is 14.4 Å². The number of amides is 1. The van der Waals surface area contributed by atoms with Crippen LogP contribution in [0.5, 0.6) is 0 Å². The lowest BCUT2D eigenvalue weighted by Crippen LogP contribution is -2.43. The van der Waals surface area contributed by atoms with E-state index in [0.717, 1.165) is 0 Å². The fourth-order valence-corrected chi connectivity index (χ4v) is 1.23. The highest BCUT2D eigenvalue weighted by atomic mass is 16.5. The van der Waals surface area contributed by atoms with Crippen molar-refractivity contribution in [2.45, 2.75) is 25.3 Å². The Kier molecular flexibility index (Phi) is 6.88. The maximum atomic E-state index is 11.5. The largest absolute Gasteiger partial charge is 0.481 e. The van der Waals surface area contributed by atoms with Crippen molar-refractivity contribution in [1.29, 1.82) is 0 Å². The van der Waals surface area contributed by atoms with Crippen LogP contribution in [0.3, 0.4) is 0 Å². The number of esters is 1. The molecular weight excluding hydrogens is 228 g/mol. The summed E-state index contributed by atoms with van der Waals surface area (Å²) in [6, 6.07) is -1.05. The maximum Gasteiger partial charge on any atom is 0.305 e. The molecule has 0 aromatic carbocycles. The van der Waals surface area contributed by atoms with Crippen molar-refractivity contribution < 1.29 is 24.2 Å². The van der Waals surface area contributed by atoms with Crippen LogP contribution in [0.4, 0.5) is 0 Å². The first-order valence-electron chi connectivity index (χ1n) is 5.17. The summed E-state index contributed by atoms with van der Waals surface area (Å²) in [7, 11) is 2.81. The summed E-state index contributed by atoms with van der Waals surface area (Å²) in [5, 5.41) is 8.48. The second kappa shape index (κ2) is 7.61. The van der Waals surface area contributed by atoms with E-state index in [4.69, 9.17) is 10.8 Å². The Morgan fingerprint density at radius 2 is 2.00 bits per heavy atom. The Morgan fingerprint density at radius 1 is 1.41 bits per heavy atom. The van der Waals surface area contributed by atoms with Gasteiger partial charge in [0.25, 0.3) is 0 Å². The van der Waals surface area contributed by atoms with Gasteiger partial charge in [0, 0.05) is 20.0 Å². The molecule has 98 valence electrons. The van der Waals surface area contributed by atoms with Crippen LogP contribution in [0.1, 0.15) is 19.3 Å². The van der Waals surface area contributed by atoms with Crippen molar-refractivity contribution in [2.24, 2.45) is 5.73 Å². The van der Waals surface area contributed by atoms with Crippen LogP contribution in [-0.4, -0.2) is 54.6 Å². The van der Waals surface area contributed by atoms with Gasteiger partial charge in [-0.05, 0) is 6.42 Å². The number of carbonyl (C=O) groups is 3. The Bertz CT molecular complexity index is 292. The summed E-state index contributed by atoms with van der Waals surface area (Å²) in [4.78, 5) is 34.0. The van der Waals surface area contributed by atoms with Crippen molar-refractivity contribution in [1.82, 2.24) is 4.90 Å². The van der Waals surface area contributed by atoms with Crippen LogP contribution in [-0.2, 0) is 19.1 Å². The SMILES string of the molecule is COC(=O)CCCN(C)C(=O)C(N)CC(=O)O. The summed E-state index contributed by atoms with van der Waals surface area (Å²) in [6.07, 6.45) is 0.261. The first-order chi connectivity index (χ1) is 7.88. The van der Waals surface area contributed by atoms with Crippen LogP contribution in [0, 0.1) is 0 Å². The third kappa shape index (κ3) is 6.52. The molecule has 0 saturated carbocycles. The molecule has 0 aromatic rings. The van der Waals surface area contributed by atoms with Crippen LogP contribution in [0.25, 0.3) is 0 Å². The second-order valence-electron chi connectivity index (χ2n) is 3.64. The summed E-state index contributed by atoms with van der Waals surface area (Å²) in [5.74, 6) is -1.91. The van der Waals surface area contributed by atoms with Crippen molar-refractivity contribution in [3.63, 3.8) is 0 Å². The molecule has 1 unspecified atom stereocenters. The molecule has 7 nitrogen and oxygen atoms in total. The lowest BCUT2D eigenvalue weighted by molar-refractivity contribution is -0.142. The molecule has 0 aliphatic rings. The standard InChI is InChI=1S/C10H18N2O5/c1-12(5-3-4-9(15)17-2)10(16)7(11)6-8(13)14/h7H,3-6,11H2,1-2H3,(H,13,14). The number of hydrogen-bond donors (Lipinski definition) is 2. The first kappa shape index (κ1) is 15.4. The predicted octanol–water partition coefficient (Wildman–Crippen LogP) is -0.800. The molecule has 0 heterocycles. The minimum absolute atomic E-state index is 0.211. The number of carbonyl (C=O) groups excluding carboxylic acids is 2. The van der Waals surface area contributed by atoms with Gasteiger partial charge in [-0.1, -0.05) is 0 Å². The minimum Gasteiger partial charge on any atom is -0.481 e. The number of hydrogen-bond acceptors (Lipinski definition) is 5. The molecule has 0 aliphatic heterocycles. The number of carboxylic acids is 1. The maximum absolute atomic E-state index is 11.5. The lowest BCUT2D eigenvalue weighted by Gasteiger charge is -2.20. The summed E-state index contributed by atoms with van der Waals surface area (Å²) >= 11 is 0. The highest BCUT2D eigenvalue weighted by Crippen LogP contribution is 1.99. The lowest BCUT2D eigenvalue weighted by atomic mass is 10.2. The molecule has 0 saturated heterocycles. The Morgan fingerprint density at radius 3 is 2.47 bits per heavy atom. The monoisotopic (exact) mass is 246 g/mol. The zero-order chi connectivity index (χ0) is 13.4. The molecule has 0 bridgehead atoms. The van der Waals surface area contributed by atoms with Gasteiger partial charge in [-0.25, -0.2) is 0 Å². The van der Waals surface area contributed by atoms with Crippen LogP contribution >= 0.6 is 0 Å². The van der Waals surface area contributed by atoms with Gasteiger partial charge in [0.05, 0.1) is 19.6 Å². The Hall–Kier alpha value is -1.63. The zero-order valence-electron chi connectivity index (χ0n) is 10.0. The van der Waals surface area contributed by atoms with E-state index >= 15 is 0 Å². The van der Waals surface area contributed by atoms with Crippen LogP contribution in [0.2, 0.25) is 0 Å². The van der Waals surface area contributed by atoms with Crippen molar-refractivity contribution in [2.75, 3.05) is 20.7 Å². The van der Waals surface area contributed by atoms with Gasteiger partial charge < -0.3 is 20.5 Å². The molecule has 3 N–H and O–H groups in total. The van der Waals surface area contributed by atoms with Crippen molar-refractivity contribution in [3.05, 3.63) is 0 Å². The van der Waals surface area contributed by atoms with Gasteiger partial charge in [-0.2, -0.15) is 0 Å². The fraction of sp³-hybridized carbons (Fsp3) is 0.700. The number of likely N-dealkylation sites (N-methyl/N-ethyl adjacent to an activating group) is 1. The first-order valence-corrected chi connectivity index (χ1v) is 5.17. The molecule has 0 aromatic heterocycles. The Balaban J connectivity index is 3.96. The highest BCUT2D eigenvalue weighted by molar-refractivity contribution is 5.85.